The SMILES string of the molecule is COc1cc2c(c(OC)c1OC)-c1ccc(NCCCCCC(=O)N3CCC(C(=O)O)CC3)c(=O)cc1[C@@H](NC(C)=O)CC2. The van der Waals surface area contributed by atoms with Crippen LogP contribution in [0.5, 0.6) is 17.2 Å². The van der Waals surface area contributed by atoms with Crippen molar-refractivity contribution in [2.75, 3.05) is 46.3 Å². The van der Waals surface area contributed by atoms with Crippen LogP contribution in [0.15, 0.2) is 29.1 Å². The Hall–Kier alpha value is -4.28. The summed E-state index contributed by atoms with van der Waals surface area (Å²) in [6.07, 6.45) is 4.95. The number of anilines is 1. The lowest BCUT2D eigenvalue weighted by Crippen LogP contribution is -2.40. The van der Waals surface area contributed by atoms with Crippen LogP contribution in [0.1, 0.15) is 69.0 Å². The Kier molecular flexibility index (Phi) is 11.1. The van der Waals surface area contributed by atoms with Crippen molar-refractivity contribution in [1.29, 1.82) is 0 Å². The second-order valence-electron chi connectivity index (χ2n) is 11.3. The number of nitrogens with zero attached hydrogens (tertiary/aromatic N) is 1. The van der Waals surface area contributed by atoms with E-state index in [4.69, 9.17) is 19.3 Å². The van der Waals surface area contributed by atoms with E-state index in [-0.39, 0.29) is 29.2 Å². The molecular formula is C33H43N3O8. The van der Waals surface area contributed by atoms with Crippen molar-refractivity contribution in [3.05, 3.63) is 45.6 Å². The Morgan fingerprint density at radius 1 is 0.955 bits per heavy atom. The fourth-order valence-corrected chi connectivity index (χ4v) is 6.19. The van der Waals surface area contributed by atoms with Crippen LogP contribution in [-0.4, -0.2) is 68.8 Å². The lowest BCUT2D eigenvalue weighted by atomic mass is 9.95. The minimum atomic E-state index is -0.786. The molecule has 0 aromatic heterocycles. The predicted octanol–water partition coefficient (Wildman–Crippen LogP) is 4.16. The van der Waals surface area contributed by atoms with Gasteiger partial charge in [-0.25, -0.2) is 0 Å². The topological polar surface area (TPSA) is 144 Å². The second-order valence-corrected chi connectivity index (χ2v) is 11.3. The van der Waals surface area contributed by atoms with Crippen LogP contribution in [-0.2, 0) is 20.8 Å². The number of carboxylic acid groups (broad SMARTS) is 1. The lowest BCUT2D eigenvalue weighted by molar-refractivity contribution is -0.145. The molecule has 0 spiro atoms. The quantitative estimate of drug-likeness (QED) is 0.302. The number of carboxylic acids is 1. The standard InChI is InChI=1S/C33H43N3O8/c1-20(37)35-25-11-9-22-18-28(42-2)31(43-3)32(44-4)30(22)23-10-12-26(27(38)19-24(23)25)34-15-7-5-6-8-29(39)36-16-13-21(14-17-36)33(40)41/h10,12,18-19,21,25H,5-9,11,13-17H2,1-4H3,(H,34,38)(H,35,37)(H,40,41)/t25-/m0/s1. The van der Waals surface area contributed by atoms with Crippen molar-refractivity contribution in [3.8, 4) is 28.4 Å². The van der Waals surface area contributed by atoms with Crippen molar-refractivity contribution in [2.45, 2.75) is 64.3 Å². The fraction of sp³-hybridized carbons (Fsp3) is 0.515. The van der Waals surface area contributed by atoms with Crippen LogP contribution in [0.4, 0.5) is 5.69 Å². The maximum absolute atomic E-state index is 13.4. The van der Waals surface area contributed by atoms with Gasteiger partial charge in [0.2, 0.25) is 23.0 Å². The Labute approximate surface area is 257 Å². The molecule has 1 aliphatic heterocycles. The van der Waals surface area contributed by atoms with Gasteiger partial charge in [-0.3, -0.25) is 19.2 Å². The van der Waals surface area contributed by atoms with Gasteiger partial charge >= 0.3 is 5.97 Å². The van der Waals surface area contributed by atoms with Gasteiger partial charge in [0, 0.05) is 38.5 Å². The summed E-state index contributed by atoms with van der Waals surface area (Å²) in [7, 11) is 4.69. The average molecular weight is 610 g/mol. The highest BCUT2D eigenvalue weighted by Gasteiger charge is 2.30. The largest absolute Gasteiger partial charge is 0.493 e. The summed E-state index contributed by atoms with van der Waals surface area (Å²) in [4.78, 5) is 51.0. The number of aryl methyl sites for hydroxylation is 1. The third-order valence-corrected chi connectivity index (χ3v) is 8.50. The molecule has 2 aromatic carbocycles. The molecule has 11 nitrogen and oxygen atoms in total. The number of rotatable bonds is 12. The van der Waals surface area contributed by atoms with Gasteiger partial charge in [0.15, 0.2) is 11.5 Å². The van der Waals surface area contributed by atoms with Gasteiger partial charge in [-0.05, 0) is 73.4 Å². The zero-order chi connectivity index (χ0) is 31.8. The van der Waals surface area contributed by atoms with Gasteiger partial charge in [-0.2, -0.15) is 0 Å². The molecule has 4 rings (SSSR count). The molecule has 2 aromatic rings. The van der Waals surface area contributed by atoms with E-state index < -0.39 is 5.97 Å². The minimum absolute atomic E-state index is 0.0684. The number of methoxy groups -OCH3 is 3. The van der Waals surface area contributed by atoms with E-state index in [0.717, 1.165) is 36.0 Å². The zero-order valence-corrected chi connectivity index (χ0v) is 26.0. The monoisotopic (exact) mass is 609 g/mol. The summed E-state index contributed by atoms with van der Waals surface area (Å²) >= 11 is 0. The van der Waals surface area contributed by atoms with E-state index >= 15 is 0 Å². The lowest BCUT2D eigenvalue weighted by Gasteiger charge is -2.30. The van der Waals surface area contributed by atoms with E-state index in [1.807, 2.05) is 12.1 Å². The fourth-order valence-electron chi connectivity index (χ4n) is 6.19. The van der Waals surface area contributed by atoms with E-state index in [1.54, 1.807) is 38.4 Å². The van der Waals surface area contributed by atoms with Gasteiger partial charge in [0.25, 0.3) is 0 Å². The molecule has 0 radical (unpaired) electrons. The second kappa shape index (κ2) is 14.9. The van der Waals surface area contributed by atoms with Gasteiger partial charge in [-0.15, -0.1) is 0 Å². The summed E-state index contributed by atoms with van der Waals surface area (Å²) < 4.78 is 17.1. The number of amides is 2. The van der Waals surface area contributed by atoms with Gasteiger partial charge < -0.3 is 34.9 Å². The summed E-state index contributed by atoms with van der Waals surface area (Å²) in [6.45, 7) is 3.02. The van der Waals surface area contributed by atoms with Gasteiger partial charge in [-0.1, -0.05) is 12.5 Å². The minimum Gasteiger partial charge on any atom is -0.493 e. The number of fused-ring (bicyclic) bond motifs is 3. The van der Waals surface area contributed by atoms with Crippen molar-refractivity contribution in [3.63, 3.8) is 0 Å². The maximum atomic E-state index is 13.4. The molecular weight excluding hydrogens is 566 g/mol. The smallest absolute Gasteiger partial charge is 0.306 e. The molecule has 238 valence electrons. The van der Waals surface area contributed by atoms with E-state index in [1.165, 1.54) is 6.92 Å². The Morgan fingerprint density at radius 2 is 1.68 bits per heavy atom. The number of hydrogen-bond donors (Lipinski definition) is 3. The number of piperidine rings is 1. The molecule has 0 saturated carbocycles. The van der Waals surface area contributed by atoms with Gasteiger partial charge in [0.1, 0.15) is 0 Å². The third kappa shape index (κ3) is 7.43. The highest BCUT2D eigenvalue weighted by molar-refractivity contribution is 5.84. The molecule has 1 saturated heterocycles. The molecule has 1 aliphatic carbocycles. The molecule has 1 heterocycles. The predicted molar refractivity (Wildman–Crippen MR) is 167 cm³/mol. The normalized spacial score (nSPS) is 16.2. The van der Waals surface area contributed by atoms with Crippen LogP contribution >= 0.6 is 0 Å². The van der Waals surface area contributed by atoms with Crippen LogP contribution in [0, 0.1) is 5.92 Å². The Bertz CT molecular complexity index is 1440. The third-order valence-electron chi connectivity index (χ3n) is 8.50. The van der Waals surface area contributed by atoms with Crippen molar-refractivity contribution in [1.82, 2.24) is 10.2 Å². The van der Waals surface area contributed by atoms with Crippen molar-refractivity contribution >= 4 is 23.5 Å². The van der Waals surface area contributed by atoms with Crippen molar-refractivity contribution in [2.24, 2.45) is 5.92 Å². The number of benzene rings is 1. The van der Waals surface area contributed by atoms with Crippen molar-refractivity contribution < 1.29 is 33.7 Å². The first-order valence-electron chi connectivity index (χ1n) is 15.2. The van der Waals surface area contributed by atoms with E-state index in [2.05, 4.69) is 10.6 Å². The zero-order valence-electron chi connectivity index (χ0n) is 26.0. The van der Waals surface area contributed by atoms with Crippen LogP contribution in [0.2, 0.25) is 0 Å². The Morgan fingerprint density at radius 3 is 2.32 bits per heavy atom. The summed E-state index contributed by atoms with van der Waals surface area (Å²) in [5.41, 5.74) is 3.48. The highest BCUT2D eigenvalue weighted by atomic mass is 16.5. The molecule has 44 heavy (non-hydrogen) atoms. The number of aliphatic carboxylic acids is 1. The first-order chi connectivity index (χ1) is 21.2. The average Bonchev–Trinajstić information content (AvgIpc) is 3.25. The molecule has 3 N–H and O–H groups in total. The van der Waals surface area contributed by atoms with Crippen LogP contribution < -0.4 is 30.3 Å². The number of carbonyl (C=O) groups excluding carboxylic acids is 2. The number of nitrogens with one attached hydrogen (secondary N) is 2. The molecule has 0 unspecified atom stereocenters. The first-order valence-corrected chi connectivity index (χ1v) is 15.2. The van der Waals surface area contributed by atoms with E-state index in [0.29, 0.717) is 80.2 Å². The Balaban J connectivity index is 1.48. The number of hydrogen-bond acceptors (Lipinski definition) is 8. The van der Waals surface area contributed by atoms with Crippen LogP contribution in [0.3, 0.4) is 0 Å². The molecule has 2 amide bonds. The summed E-state index contributed by atoms with van der Waals surface area (Å²) in [5.74, 6) is 0.234. The van der Waals surface area contributed by atoms with Crippen LogP contribution in [0.25, 0.3) is 11.1 Å². The summed E-state index contributed by atoms with van der Waals surface area (Å²) in [5, 5.41) is 15.4. The van der Waals surface area contributed by atoms with Gasteiger partial charge in [0.05, 0.1) is 39.0 Å². The number of unbranched alkanes of at least 4 members (excludes halogenated alkanes) is 2. The molecule has 0 bridgehead atoms. The van der Waals surface area contributed by atoms with E-state index in [9.17, 15) is 19.2 Å². The summed E-state index contributed by atoms with van der Waals surface area (Å²) in [6, 6.07) is 6.79. The first kappa shape index (κ1) is 32.6. The highest BCUT2D eigenvalue weighted by Crippen LogP contribution is 2.50. The number of ether oxygens (including phenoxy) is 3. The molecule has 11 heteroatoms. The number of likely N-dealkylation sites (tertiary alicyclic amines) is 1. The molecule has 1 atom stereocenters. The molecule has 1 fully saturated rings. The number of carbonyl (C=O) groups is 3. The molecule has 2 aliphatic rings. The maximum Gasteiger partial charge on any atom is 0.306 e.